The number of carbonyl (C=O) groups excluding carboxylic acids is 1. The van der Waals surface area contributed by atoms with Gasteiger partial charge in [0.05, 0.1) is 18.5 Å². The van der Waals surface area contributed by atoms with Crippen molar-refractivity contribution in [3.05, 3.63) is 53.3 Å². The quantitative estimate of drug-likeness (QED) is 0.615. The number of nitrogens with zero attached hydrogens (tertiary/aromatic N) is 3. The van der Waals surface area contributed by atoms with E-state index >= 15 is 0 Å². The summed E-state index contributed by atoms with van der Waals surface area (Å²) < 4.78 is 5.11. The lowest BCUT2D eigenvalue weighted by atomic mass is 10.1. The third-order valence-corrected chi connectivity index (χ3v) is 4.02. The topological polar surface area (TPSA) is 119 Å². The number of hydrogen-bond donors (Lipinski definition) is 3. The van der Waals surface area contributed by atoms with Gasteiger partial charge in [-0.2, -0.15) is 10.1 Å². The Hall–Kier alpha value is -3.42. The van der Waals surface area contributed by atoms with Crippen LogP contribution in [0.25, 0.3) is 11.3 Å². The Labute approximate surface area is 157 Å². The first-order valence-corrected chi connectivity index (χ1v) is 8.55. The molecule has 2 aromatic heterocycles. The number of ether oxygens (including phenoxy) is 1. The number of nitrogens with one attached hydrogen (secondary N) is 2. The zero-order chi connectivity index (χ0) is 19.4. The molecule has 4 N–H and O–H groups in total. The summed E-state index contributed by atoms with van der Waals surface area (Å²) in [5.74, 6) is 0.386. The van der Waals surface area contributed by atoms with Crippen molar-refractivity contribution < 1.29 is 9.53 Å². The molecule has 8 heteroatoms. The molecular weight excluding hydrogens is 344 g/mol. The molecule has 0 fully saturated rings. The highest BCUT2D eigenvalue weighted by Gasteiger charge is 2.12. The van der Waals surface area contributed by atoms with Gasteiger partial charge in [-0.15, -0.1) is 0 Å². The van der Waals surface area contributed by atoms with Crippen molar-refractivity contribution in [2.45, 2.75) is 26.3 Å². The monoisotopic (exact) mass is 366 g/mol. The van der Waals surface area contributed by atoms with Crippen molar-refractivity contribution in [3.8, 4) is 17.1 Å². The van der Waals surface area contributed by atoms with Gasteiger partial charge in [-0.25, -0.2) is 4.98 Å². The zero-order valence-electron chi connectivity index (χ0n) is 15.5. The molecule has 0 aliphatic rings. The average molecular weight is 366 g/mol. The van der Waals surface area contributed by atoms with Crippen LogP contribution in [0.3, 0.4) is 0 Å². The molecule has 1 amide bonds. The molecule has 0 saturated heterocycles. The Morgan fingerprint density at radius 1 is 1.26 bits per heavy atom. The minimum atomic E-state index is -0.138. The van der Waals surface area contributed by atoms with Gasteiger partial charge in [0, 0.05) is 35.3 Å². The first kappa shape index (κ1) is 18.4. The van der Waals surface area contributed by atoms with Crippen molar-refractivity contribution in [3.63, 3.8) is 0 Å². The molecule has 0 radical (unpaired) electrons. The summed E-state index contributed by atoms with van der Waals surface area (Å²) in [7, 11) is 1.52. The number of anilines is 1. The van der Waals surface area contributed by atoms with Gasteiger partial charge in [-0.3, -0.25) is 9.89 Å². The molecule has 27 heavy (non-hydrogen) atoms. The Morgan fingerprint density at radius 3 is 2.63 bits per heavy atom. The summed E-state index contributed by atoms with van der Waals surface area (Å²) in [4.78, 5) is 20.6. The highest BCUT2D eigenvalue weighted by atomic mass is 16.5. The molecule has 3 aromatic rings. The fourth-order valence-corrected chi connectivity index (χ4v) is 2.74. The molecule has 1 aromatic carbocycles. The summed E-state index contributed by atoms with van der Waals surface area (Å²) in [6.07, 6.45) is 0.661. The number of amides is 1. The number of aromatic amines is 1. The lowest BCUT2D eigenvalue weighted by Crippen LogP contribution is -2.34. The van der Waals surface area contributed by atoms with E-state index in [0.29, 0.717) is 23.6 Å². The number of aryl methyl sites for hydroxylation is 1. The van der Waals surface area contributed by atoms with E-state index in [9.17, 15) is 4.79 Å². The predicted octanol–water partition coefficient (Wildman–Crippen LogP) is 2.13. The van der Waals surface area contributed by atoms with Crippen molar-refractivity contribution in [1.29, 1.82) is 0 Å². The van der Waals surface area contributed by atoms with Crippen molar-refractivity contribution in [2.24, 2.45) is 0 Å². The highest BCUT2D eigenvalue weighted by molar-refractivity contribution is 5.94. The number of aromatic nitrogens is 4. The summed E-state index contributed by atoms with van der Waals surface area (Å²) >= 11 is 0. The van der Waals surface area contributed by atoms with Crippen LogP contribution < -0.4 is 15.8 Å². The molecule has 140 valence electrons. The lowest BCUT2D eigenvalue weighted by molar-refractivity contribution is 0.0940. The molecule has 0 aliphatic heterocycles. The maximum atomic E-state index is 12.4. The normalized spacial score (nSPS) is 11.8. The maximum Gasteiger partial charge on any atom is 0.251 e. The van der Waals surface area contributed by atoms with E-state index in [1.165, 1.54) is 7.11 Å². The molecular formula is C19H22N6O2. The fraction of sp³-hybridized carbons (Fsp3) is 0.263. The van der Waals surface area contributed by atoms with Crippen LogP contribution in [0, 0.1) is 6.92 Å². The van der Waals surface area contributed by atoms with Gasteiger partial charge < -0.3 is 15.8 Å². The number of hydrogen-bond acceptors (Lipinski definition) is 6. The van der Waals surface area contributed by atoms with E-state index in [0.717, 1.165) is 17.0 Å². The second-order valence-corrected chi connectivity index (χ2v) is 6.35. The lowest BCUT2D eigenvalue weighted by Gasteiger charge is -2.13. The fourth-order valence-electron chi connectivity index (χ4n) is 2.74. The number of H-pyrrole nitrogens is 1. The highest BCUT2D eigenvalue weighted by Crippen LogP contribution is 2.22. The largest absolute Gasteiger partial charge is 0.481 e. The second-order valence-electron chi connectivity index (χ2n) is 6.35. The Morgan fingerprint density at radius 2 is 2.00 bits per heavy atom. The smallest absolute Gasteiger partial charge is 0.251 e. The molecule has 8 nitrogen and oxygen atoms in total. The first-order valence-electron chi connectivity index (χ1n) is 8.55. The number of benzene rings is 1. The molecule has 0 spiro atoms. The van der Waals surface area contributed by atoms with Gasteiger partial charge in [0.1, 0.15) is 0 Å². The van der Waals surface area contributed by atoms with Crippen molar-refractivity contribution in [2.75, 3.05) is 12.8 Å². The van der Waals surface area contributed by atoms with E-state index in [4.69, 9.17) is 10.5 Å². The van der Waals surface area contributed by atoms with Crippen LogP contribution in [0.1, 0.15) is 28.7 Å². The predicted molar refractivity (Wildman–Crippen MR) is 102 cm³/mol. The zero-order valence-corrected chi connectivity index (χ0v) is 15.5. The number of nitrogens with two attached hydrogens (primary N) is 1. The summed E-state index contributed by atoms with van der Waals surface area (Å²) in [5, 5.41) is 10.1. The van der Waals surface area contributed by atoms with Gasteiger partial charge in [0.25, 0.3) is 5.91 Å². The van der Waals surface area contributed by atoms with Gasteiger partial charge in [-0.05, 0) is 32.0 Å². The number of rotatable bonds is 6. The van der Waals surface area contributed by atoms with Crippen LogP contribution in [-0.2, 0) is 6.42 Å². The average Bonchev–Trinajstić information content (AvgIpc) is 3.05. The maximum absolute atomic E-state index is 12.4. The van der Waals surface area contributed by atoms with Gasteiger partial charge >= 0.3 is 0 Å². The van der Waals surface area contributed by atoms with E-state index < -0.39 is 0 Å². The van der Waals surface area contributed by atoms with Crippen LogP contribution in [0.4, 0.5) is 5.95 Å². The van der Waals surface area contributed by atoms with Gasteiger partial charge in [0.15, 0.2) is 0 Å². The molecule has 0 saturated carbocycles. The third kappa shape index (κ3) is 4.60. The van der Waals surface area contributed by atoms with Crippen LogP contribution in [0.15, 0.2) is 36.4 Å². The molecule has 1 unspecified atom stereocenters. The number of carbonyl (C=O) groups is 1. The van der Waals surface area contributed by atoms with Gasteiger partial charge in [-0.1, -0.05) is 12.1 Å². The molecule has 2 heterocycles. The van der Waals surface area contributed by atoms with Crippen LogP contribution >= 0.6 is 0 Å². The summed E-state index contributed by atoms with van der Waals surface area (Å²) in [6.45, 7) is 3.90. The summed E-state index contributed by atoms with van der Waals surface area (Å²) in [6, 6.07) is 10.8. The van der Waals surface area contributed by atoms with Crippen molar-refractivity contribution in [1.82, 2.24) is 25.5 Å². The van der Waals surface area contributed by atoms with Crippen LogP contribution in [0.2, 0.25) is 0 Å². The Balaban J connectivity index is 1.67. The first-order chi connectivity index (χ1) is 12.9. The third-order valence-electron chi connectivity index (χ3n) is 4.02. The standard InChI is InChI=1S/C19H22N6O2/c1-11(8-15-9-12(2)24-25-15)21-18(26)14-6-4-13(5-7-14)16-10-17(27-3)23-19(20)22-16/h4-7,9-11H,8H2,1-3H3,(H,21,26)(H,24,25)(H2,20,22,23). The van der Waals surface area contributed by atoms with E-state index in [1.54, 1.807) is 18.2 Å². The van der Waals surface area contributed by atoms with Crippen LogP contribution in [0.5, 0.6) is 5.88 Å². The Bertz CT molecular complexity index is 936. The van der Waals surface area contributed by atoms with Crippen LogP contribution in [-0.4, -0.2) is 39.2 Å². The van der Waals surface area contributed by atoms with Crippen molar-refractivity contribution >= 4 is 11.9 Å². The summed E-state index contributed by atoms with van der Waals surface area (Å²) in [5.41, 5.74) is 9.64. The minimum Gasteiger partial charge on any atom is -0.481 e. The van der Waals surface area contributed by atoms with E-state index in [-0.39, 0.29) is 17.9 Å². The second kappa shape index (κ2) is 7.86. The number of methoxy groups -OCH3 is 1. The van der Waals surface area contributed by atoms with E-state index in [2.05, 4.69) is 25.5 Å². The molecule has 3 rings (SSSR count). The Kier molecular flexibility index (Phi) is 5.35. The van der Waals surface area contributed by atoms with Gasteiger partial charge in [0.2, 0.25) is 11.8 Å². The number of nitrogen functional groups attached to an aromatic ring is 1. The van der Waals surface area contributed by atoms with E-state index in [1.807, 2.05) is 32.0 Å². The molecule has 1 atom stereocenters. The molecule has 0 aliphatic carbocycles. The molecule has 0 bridgehead atoms. The minimum absolute atomic E-state index is 0.0363. The SMILES string of the molecule is COc1cc(-c2ccc(C(=O)NC(C)Cc3cc(C)[nH]n3)cc2)nc(N)n1.